The number of rotatable bonds is 6. The van der Waals surface area contributed by atoms with E-state index in [1.54, 1.807) is 13.0 Å². The third kappa shape index (κ3) is 4.57. The number of allylic oxidation sites excluding steroid dienone is 1. The van der Waals surface area contributed by atoms with E-state index < -0.39 is 4.92 Å². The zero-order chi connectivity index (χ0) is 23.7. The van der Waals surface area contributed by atoms with E-state index in [1.807, 2.05) is 40.8 Å². The zero-order valence-corrected chi connectivity index (χ0v) is 19.1. The topological polar surface area (TPSA) is 103 Å². The average Bonchev–Trinajstić information content (AvgIpc) is 3.32. The molecule has 1 aliphatic rings. The molecule has 1 aromatic carbocycles. The minimum Gasteiger partial charge on any atom is -0.358 e. The Hall–Kier alpha value is -3.75. The van der Waals surface area contributed by atoms with Crippen LogP contribution in [0.4, 0.5) is 5.82 Å². The van der Waals surface area contributed by atoms with Crippen molar-refractivity contribution >= 4 is 40.2 Å². The predicted molar refractivity (Wildman–Crippen MR) is 126 cm³/mol. The summed E-state index contributed by atoms with van der Waals surface area (Å²) in [5, 5.41) is 12.0. The molecule has 0 radical (unpaired) electrons. The zero-order valence-electron chi connectivity index (χ0n) is 19.1. The summed E-state index contributed by atoms with van der Waals surface area (Å²) in [5.74, 6) is -0.132. The largest absolute Gasteiger partial charge is 0.382 e. The van der Waals surface area contributed by atoms with Crippen molar-refractivity contribution in [1.82, 2.24) is 19.0 Å². The van der Waals surface area contributed by atoms with Crippen LogP contribution in [0.15, 0.2) is 30.6 Å². The van der Waals surface area contributed by atoms with Crippen LogP contribution >= 0.6 is 0 Å². The maximum Gasteiger partial charge on any atom is 0.382 e. The summed E-state index contributed by atoms with van der Waals surface area (Å²) in [5.41, 5.74) is 3.01. The maximum absolute atomic E-state index is 12.9. The first-order valence-electron chi connectivity index (χ1n) is 11.1. The molecule has 172 valence electrons. The lowest BCUT2D eigenvalue weighted by Gasteiger charge is -2.27. The molecule has 9 nitrogen and oxygen atoms in total. The second kappa shape index (κ2) is 9.01. The molecule has 0 saturated carbocycles. The second-order valence-electron chi connectivity index (χ2n) is 8.53. The van der Waals surface area contributed by atoms with E-state index in [9.17, 15) is 19.7 Å². The highest BCUT2D eigenvalue weighted by molar-refractivity contribution is 6.19. The number of likely N-dealkylation sites (tertiary alicyclic amines) is 1. The van der Waals surface area contributed by atoms with Gasteiger partial charge >= 0.3 is 5.82 Å². The van der Waals surface area contributed by atoms with Gasteiger partial charge in [-0.15, -0.1) is 0 Å². The molecule has 0 atom stereocenters. The molecule has 1 amide bonds. The second-order valence-corrected chi connectivity index (χ2v) is 8.53. The molecular formula is C24H27N5O4. The molecule has 0 unspecified atom stereocenters. The van der Waals surface area contributed by atoms with E-state index >= 15 is 0 Å². The first-order chi connectivity index (χ1) is 15.7. The molecule has 0 bridgehead atoms. The highest BCUT2D eigenvalue weighted by Crippen LogP contribution is 2.27. The number of amides is 1. The van der Waals surface area contributed by atoms with Crippen LogP contribution in [0.1, 0.15) is 43.1 Å². The summed E-state index contributed by atoms with van der Waals surface area (Å²) in [6.07, 6.45) is 8.05. The Morgan fingerprint density at radius 3 is 2.52 bits per heavy atom. The van der Waals surface area contributed by atoms with E-state index in [-0.39, 0.29) is 29.8 Å². The number of Topliss-reactive ketones (excluding diaryl/α,β-unsaturated/α-hetero) is 1. The molecule has 33 heavy (non-hydrogen) atoms. The van der Waals surface area contributed by atoms with Gasteiger partial charge in [0.15, 0.2) is 5.78 Å². The lowest BCUT2D eigenvalue weighted by atomic mass is 10.1. The molecule has 0 aliphatic carbocycles. The van der Waals surface area contributed by atoms with Crippen LogP contribution in [0.3, 0.4) is 0 Å². The SMILES string of the molecule is CC(=O)/C(=C/c1cn(CC(=O)N2CCCCC2)c2cc(C)ccc12)n1cc([N+](=O)[O-])nc1C. The molecule has 1 fully saturated rings. The van der Waals surface area contributed by atoms with E-state index in [0.29, 0.717) is 5.82 Å². The van der Waals surface area contributed by atoms with Crippen molar-refractivity contribution in [3.63, 3.8) is 0 Å². The van der Waals surface area contributed by atoms with Gasteiger partial charge in [-0.3, -0.25) is 14.2 Å². The third-order valence-corrected chi connectivity index (χ3v) is 6.05. The van der Waals surface area contributed by atoms with Crippen LogP contribution in [-0.2, 0) is 16.1 Å². The number of hydrogen-bond donors (Lipinski definition) is 0. The lowest BCUT2D eigenvalue weighted by molar-refractivity contribution is -0.389. The quantitative estimate of drug-likeness (QED) is 0.322. The van der Waals surface area contributed by atoms with Crippen LogP contribution in [-0.4, -0.2) is 48.7 Å². The number of hydrogen-bond acceptors (Lipinski definition) is 5. The number of carbonyl (C=O) groups is 2. The fourth-order valence-electron chi connectivity index (χ4n) is 4.34. The highest BCUT2D eigenvalue weighted by atomic mass is 16.6. The van der Waals surface area contributed by atoms with Gasteiger partial charge in [0.05, 0.1) is 5.70 Å². The molecule has 0 spiro atoms. The summed E-state index contributed by atoms with van der Waals surface area (Å²) in [7, 11) is 0. The molecular weight excluding hydrogens is 422 g/mol. The smallest absolute Gasteiger partial charge is 0.358 e. The van der Waals surface area contributed by atoms with Gasteiger partial charge in [0, 0.05) is 49.6 Å². The Kier molecular flexibility index (Phi) is 6.13. The normalized spacial score (nSPS) is 14.6. The number of nitro groups is 1. The molecule has 9 heteroatoms. The number of imidazole rings is 1. The van der Waals surface area contributed by atoms with Gasteiger partial charge in [0.2, 0.25) is 11.7 Å². The van der Waals surface area contributed by atoms with Crippen LogP contribution in [0.2, 0.25) is 0 Å². The molecule has 2 aromatic heterocycles. The summed E-state index contributed by atoms with van der Waals surface area (Å²) < 4.78 is 3.36. The lowest BCUT2D eigenvalue weighted by Crippen LogP contribution is -2.37. The van der Waals surface area contributed by atoms with E-state index in [0.717, 1.165) is 54.4 Å². The fraction of sp³-hybridized carbons (Fsp3) is 0.375. The van der Waals surface area contributed by atoms with Crippen molar-refractivity contribution in [3.8, 4) is 0 Å². The summed E-state index contributed by atoms with van der Waals surface area (Å²) in [4.78, 5) is 41.9. The number of aryl methyl sites for hydroxylation is 2. The Bertz CT molecular complexity index is 1280. The maximum atomic E-state index is 12.9. The van der Waals surface area contributed by atoms with E-state index in [2.05, 4.69) is 4.98 Å². The van der Waals surface area contributed by atoms with E-state index in [4.69, 9.17) is 0 Å². The van der Waals surface area contributed by atoms with Gasteiger partial charge in [0.25, 0.3) is 0 Å². The van der Waals surface area contributed by atoms with Crippen molar-refractivity contribution in [1.29, 1.82) is 0 Å². The number of benzene rings is 1. The molecule has 4 rings (SSSR count). The standard InChI is InChI=1S/C24H27N5O4/c1-16-7-8-20-19(12-21(17(2)30)28-14-23(29(32)33)25-18(28)3)13-27(22(20)11-16)15-24(31)26-9-5-4-6-10-26/h7-8,11-14H,4-6,9-10,15H2,1-3H3/b21-12-. The summed E-state index contributed by atoms with van der Waals surface area (Å²) >= 11 is 0. The molecule has 3 heterocycles. The molecule has 0 N–H and O–H groups in total. The number of ketones is 1. The summed E-state index contributed by atoms with van der Waals surface area (Å²) in [6.45, 7) is 6.83. The average molecular weight is 450 g/mol. The number of fused-ring (bicyclic) bond motifs is 1. The van der Waals surface area contributed by atoms with E-state index in [1.165, 1.54) is 17.7 Å². The van der Waals surface area contributed by atoms with Gasteiger partial charge in [-0.1, -0.05) is 12.1 Å². The number of piperidine rings is 1. The van der Waals surface area contributed by atoms with Crippen LogP contribution in [0.25, 0.3) is 22.7 Å². The fourth-order valence-corrected chi connectivity index (χ4v) is 4.34. The number of nitrogens with zero attached hydrogens (tertiary/aromatic N) is 5. The monoisotopic (exact) mass is 449 g/mol. The van der Waals surface area contributed by atoms with Gasteiger partial charge in [0.1, 0.15) is 12.7 Å². The van der Waals surface area contributed by atoms with Crippen molar-refractivity contribution in [2.75, 3.05) is 13.1 Å². The van der Waals surface area contributed by atoms with Crippen LogP contribution in [0.5, 0.6) is 0 Å². The van der Waals surface area contributed by atoms with Crippen molar-refractivity contribution < 1.29 is 14.5 Å². The molecule has 1 saturated heterocycles. The van der Waals surface area contributed by atoms with Crippen molar-refractivity contribution in [3.05, 3.63) is 57.7 Å². The summed E-state index contributed by atoms with van der Waals surface area (Å²) in [6, 6.07) is 5.98. The van der Waals surface area contributed by atoms with Gasteiger partial charge < -0.3 is 19.6 Å². The Balaban J connectivity index is 1.78. The number of carbonyl (C=O) groups excluding carboxylic acids is 2. The molecule has 1 aliphatic heterocycles. The molecule has 3 aromatic rings. The first-order valence-corrected chi connectivity index (χ1v) is 11.1. The Morgan fingerprint density at radius 2 is 1.88 bits per heavy atom. The number of aromatic nitrogens is 3. The first kappa shape index (κ1) is 22.4. The van der Waals surface area contributed by atoms with Gasteiger partial charge in [-0.2, -0.15) is 0 Å². The third-order valence-electron chi connectivity index (χ3n) is 6.05. The van der Waals surface area contributed by atoms with Crippen LogP contribution in [0, 0.1) is 24.0 Å². The van der Waals surface area contributed by atoms with Crippen molar-refractivity contribution in [2.24, 2.45) is 0 Å². The minimum absolute atomic E-state index is 0.0801. The van der Waals surface area contributed by atoms with Crippen molar-refractivity contribution in [2.45, 2.75) is 46.6 Å². The Morgan fingerprint density at radius 1 is 1.15 bits per heavy atom. The van der Waals surface area contributed by atoms with Gasteiger partial charge in [-0.25, -0.2) is 0 Å². The minimum atomic E-state index is -0.581. The Labute approximate surface area is 191 Å². The highest BCUT2D eigenvalue weighted by Gasteiger charge is 2.22. The van der Waals surface area contributed by atoms with Gasteiger partial charge in [-0.05, 0) is 53.8 Å². The van der Waals surface area contributed by atoms with Crippen LogP contribution < -0.4 is 0 Å². The predicted octanol–water partition coefficient (Wildman–Crippen LogP) is 3.96.